The molecule has 0 unspecified atom stereocenters. The third-order valence-corrected chi connectivity index (χ3v) is 3.94. The lowest BCUT2D eigenvalue weighted by Crippen LogP contribution is -2.25. The third kappa shape index (κ3) is 5.17. The SMILES string of the molecule is O=C(NCCCOc1ccccc1)c1ccc(Br)cc1Br. The van der Waals surface area contributed by atoms with Gasteiger partial charge in [-0.05, 0) is 52.7 Å². The number of benzene rings is 2. The van der Waals surface area contributed by atoms with Gasteiger partial charge >= 0.3 is 0 Å². The first-order chi connectivity index (χ1) is 10.2. The number of hydrogen-bond donors (Lipinski definition) is 1. The topological polar surface area (TPSA) is 38.3 Å². The van der Waals surface area contributed by atoms with Crippen molar-refractivity contribution in [2.45, 2.75) is 6.42 Å². The molecule has 110 valence electrons. The van der Waals surface area contributed by atoms with E-state index in [9.17, 15) is 4.79 Å². The van der Waals surface area contributed by atoms with Crippen molar-refractivity contribution in [3.8, 4) is 5.75 Å². The highest BCUT2D eigenvalue weighted by Gasteiger charge is 2.09. The summed E-state index contributed by atoms with van der Waals surface area (Å²) in [6, 6.07) is 15.1. The number of halogens is 2. The highest BCUT2D eigenvalue weighted by atomic mass is 79.9. The summed E-state index contributed by atoms with van der Waals surface area (Å²) < 4.78 is 7.27. The van der Waals surface area contributed by atoms with Gasteiger partial charge < -0.3 is 10.1 Å². The fourth-order valence-electron chi connectivity index (χ4n) is 1.75. The van der Waals surface area contributed by atoms with Crippen LogP contribution >= 0.6 is 31.9 Å². The van der Waals surface area contributed by atoms with Crippen LogP contribution in [0, 0.1) is 0 Å². The van der Waals surface area contributed by atoms with Gasteiger partial charge in [-0.3, -0.25) is 4.79 Å². The number of ether oxygens (including phenoxy) is 1. The van der Waals surface area contributed by atoms with Gasteiger partial charge in [0.25, 0.3) is 5.91 Å². The Labute approximate surface area is 141 Å². The summed E-state index contributed by atoms with van der Waals surface area (Å²) in [6.45, 7) is 1.15. The van der Waals surface area contributed by atoms with Crippen molar-refractivity contribution in [3.05, 3.63) is 63.0 Å². The summed E-state index contributed by atoms with van der Waals surface area (Å²) >= 11 is 6.75. The van der Waals surface area contributed by atoms with E-state index in [0.717, 1.165) is 21.1 Å². The van der Waals surface area contributed by atoms with Crippen molar-refractivity contribution in [3.63, 3.8) is 0 Å². The van der Waals surface area contributed by atoms with Crippen LogP contribution in [-0.4, -0.2) is 19.1 Å². The summed E-state index contributed by atoms with van der Waals surface area (Å²) in [7, 11) is 0. The van der Waals surface area contributed by atoms with Gasteiger partial charge in [0.2, 0.25) is 0 Å². The van der Waals surface area contributed by atoms with Crippen LogP contribution < -0.4 is 10.1 Å². The molecule has 3 nitrogen and oxygen atoms in total. The van der Waals surface area contributed by atoms with Crippen molar-refractivity contribution >= 4 is 37.8 Å². The Kier molecular flexibility index (Phi) is 6.26. The van der Waals surface area contributed by atoms with E-state index in [2.05, 4.69) is 37.2 Å². The van der Waals surface area contributed by atoms with E-state index >= 15 is 0 Å². The maximum Gasteiger partial charge on any atom is 0.252 e. The maximum atomic E-state index is 12.0. The number of rotatable bonds is 6. The average Bonchev–Trinajstić information content (AvgIpc) is 2.47. The Morgan fingerprint density at radius 3 is 2.57 bits per heavy atom. The Balaban J connectivity index is 1.72. The lowest BCUT2D eigenvalue weighted by atomic mass is 10.2. The zero-order valence-electron chi connectivity index (χ0n) is 11.3. The predicted molar refractivity (Wildman–Crippen MR) is 90.7 cm³/mol. The molecule has 0 aromatic heterocycles. The van der Waals surface area contributed by atoms with Crippen LogP contribution in [0.15, 0.2) is 57.5 Å². The Morgan fingerprint density at radius 1 is 1.10 bits per heavy atom. The second-order valence-electron chi connectivity index (χ2n) is 4.40. The fraction of sp³-hybridized carbons (Fsp3) is 0.188. The molecule has 0 radical (unpaired) electrons. The van der Waals surface area contributed by atoms with Crippen molar-refractivity contribution in [1.29, 1.82) is 0 Å². The normalized spacial score (nSPS) is 10.2. The minimum atomic E-state index is -0.0888. The summed E-state index contributed by atoms with van der Waals surface area (Å²) in [5, 5.41) is 2.88. The molecule has 0 spiro atoms. The van der Waals surface area contributed by atoms with Gasteiger partial charge in [-0.1, -0.05) is 34.1 Å². The van der Waals surface area contributed by atoms with Gasteiger partial charge in [-0.2, -0.15) is 0 Å². The fourth-order valence-corrected chi connectivity index (χ4v) is 2.98. The molecule has 2 aromatic carbocycles. The molecule has 0 aliphatic carbocycles. The first kappa shape index (κ1) is 16.0. The molecule has 0 aliphatic rings. The molecule has 0 fully saturated rings. The van der Waals surface area contributed by atoms with Gasteiger partial charge in [0.15, 0.2) is 0 Å². The van der Waals surface area contributed by atoms with E-state index in [-0.39, 0.29) is 5.91 Å². The third-order valence-electron chi connectivity index (χ3n) is 2.79. The monoisotopic (exact) mass is 411 g/mol. The highest BCUT2D eigenvalue weighted by molar-refractivity contribution is 9.11. The van der Waals surface area contributed by atoms with Crippen molar-refractivity contribution in [2.24, 2.45) is 0 Å². The number of amides is 1. The molecule has 5 heteroatoms. The van der Waals surface area contributed by atoms with E-state index in [0.29, 0.717) is 18.7 Å². The second-order valence-corrected chi connectivity index (χ2v) is 6.17. The molecule has 0 bridgehead atoms. The van der Waals surface area contributed by atoms with Crippen LogP contribution in [0.25, 0.3) is 0 Å². The zero-order chi connectivity index (χ0) is 15.1. The predicted octanol–water partition coefficient (Wildman–Crippen LogP) is 4.41. The Morgan fingerprint density at radius 2 is 1.86 bits per heavy atom. The molecule has 2 rings (SSSR count). The van der Waals surface area contributed by atoms with Crippen LogP contribution in [0.2, 0.25) is 0 Å². The van der Waals surface area contributed by atoms with Crippen molar-refractivity contribution in [1.82, 2.24) is 5.32 Å². The summed E-state index contributed by atoms with van der Waals surface area (Å²) in [5.41, 5.74) is 0.627. The molecular formula is C16H15Br2NO2. The quantitative estimate of drug-likeness (QED) is 0.713. The van der Waals surface area contributed by atoms with Crippen LogP contribution in [0.5, 0.6) is 5.75 Å². The highest BCUT2D eigenvalue weighted by Crippen LogP contribution is 2.21. The van der Waals surface area contributed by atoms with Gasteiger partial charge in [0.1, 0.15) is 5.75 Å². The van der Waals surface area contributed by atoms with Crippen LogP contribution in [-0.2, 0) is 0 Å². The van der Waals surface area contributed by atoms with E-state index in [1.54, 1.807) is 6.07 Å². The van der Waals surface area contributed by atoms with E-state index < -0.39 is 0 Å². The van der Waals surface area contributed by atoms with Gasteiger partial charge in [-0.15, -0.1) is 0 Å². The number of para-hydroxylation sites is 1. The molecule has 0 aliphatic heterocycles. The number of hydrogen-bond acceptors (Lipinski definition) is 2. The van der Waals surface area contributed by atoms with Crippen LogP contribution in [0.1, 0.15) is 16.8 Å². The van der Waals surface area contributed by atoms with Gasteiger partial charge in [-0.25, -0.2) is 0 Å². The minimum absolute atomic E-state index is 0.0888. The first-order valence-electron chi connectivity index (χ1n) is 6.58. The number of carbonyl (C=O) groups excluding carboxylic acids is 1. The molecule has 2 aromatic rings. The van der Waals surface area contributed by atoms with Gasteiger partial charge in [0, 0.05) is 15.5 Å². The lowest BCUT2D eigenvalue weighted by molar-refractivity contribution is 0.0951. The smallest absolute Gasteiger partial charge is 0.252 e. The van der Waals surface area contributed by atoms with E-state index in [1.165, 1.54) is 0 Å². The summed E-state index contributed by atoms with van der Waals surface area (Å²) in [6.07, 6.45) is 0.759. The molecule has 0 saturated carbocycles. The van der Waals surface area contributed by atoms with Crippen LogP contribution in [0.4, 0.5) is 0 Å². The average molecular weight is 413 g/mol. The van der Waals surface area contributed by atoms with E-state index in [1.807, 2.05) is 42.5 Å². The van der Waals surface area contributed by atoms with Gasteiger partial charge in [0.05, 0.1) is 12.2 Å². The largest absolute Gasteiger partial charge is 0.494 e. The number of nitrogens with one attached hydrogen (secondary N) is 1. The van der Waals surface area contributed by atoms with Crippen molar-refractivity contribution in [2.75, 3.05) is 13.2 Å². The van der Waals surface area contributed by atoms with E-state index in [4.69, 9.17) is 4.74 Å². The van der Waals surface area contributed by atoms with Crippen molar-refractivity contribution < 1.29 is 9.53 Å². The standard InChI is InChI=1S/C16H15Br2NO2/c17-12-7-8-14(15(18)11-12)16(20)19-9-4-10-21-13-5-2-1-3-6-13/h1-3,5-8,11H,4,9-10H2,(H,19,20). The number of carbonyl (C=O) groups is 1. The summed E-state index contributed by atoms with van der Waals surface area (Å²) in [5.74, 6) is 0.758. The molecule has 21 heavy (non-hydrogen) atoms. The Bertz CT molecular complexity index is 602. The molecular weight excluding hydrogens is 398 g/mol. The Hall–Kier alpha value is -1.33. The zero-order valence-corrected chi connectivity index (χ0v) is 14.5. The maximum absolute atomic E-state index is 12.0. The molecule has 1 amide bonds. The molecule has 0 heterocycles. The molecule has 1 N–H and O–H groups in total. The first-order valence-corrected chi connectivity index (χ1v) is 8.16. The van der Waals surface area contributed by atoms with Crippen LogP contribution in [0.3, 0.4) is 0 Å². The molecule has 0 atom stereocenters. The molecule has 0 saturated heterocycles. The minimum Gasteiger partial charge on any atom is -0.494 e. The second kappa shape index (κ2) is 8.20. The summed E-state index contributed by atoms with van der Waals surface area (Å²) in [4.78, 5) is 12.0. The lowest BCUT2D eigenvalue weighted by Gasteiger charge is -2.08.